The van der Waals surface area contributed by atoms with Crippen LogP contribution in [0.5, 0.6) is 0 Å². The fourth-order valence-corrected chi connectivity index (χ4v) is 2.06. The minimum absolute atomic E-state index is 0.107. The predicted octanol–water partition coefficient (Wildman–Crippen LogP) is 1.68. The molecular formula is C15H10N2O4. The molecule has 1 aromatic carbocycles. The van der Waals surface area contributed by atoms with Gasteiger partial charge in [0.25, 0.3) is 5.91 Å². The van der Waals surface area contributed by atoms with Crippen molar-refractivity contribution in [1.29, 1.82) is 5.26 Å². The van der Waals surface area contributed by atoms with Crippen molar-refractivity contribution in [3.63, 3.8) is 0 Å². The molecule has 1 N–H and O–H groups in total. The lowest BCUT2D eigenvalue weighted by Crippen LogP contribution is -2.28. The highest BCUT2D eigenvalue weighted by atomic mass is 16.5. The van der Waals surface area contributed by atoms with Crippen molar-refractivity contribution < 1.29 is 13.9 Å². The third-order valence-corrected chi connectivity index (χ3v) is 3.12. The topological polar surface area (TPSA) is 92.3 Å². The van der Waals surface area contributed by atoms with Crippen molar-refractivity contribution in [3.8, 4) is 6.07 Å². The first kappa shape index (κ1) is 12.9. The number of benzene rings is 1. The molecule has 1 amide bonds. The van der Waals surface area contributed by atoms with Crippen molar-refractivity contribution in [1.82, 2.24) is 5.32 Å². The molecule has 2 heterocycles. The maximum absolute atomic E-state index is 12.1. The van der Waals surface area contributed by atoms with Crippen LogP contribution in [0.1, 0.15) is 16.8 Å². The molecule has 0 saturated carbocycles. The number of amides is 1. The molecule has 1 aromatic heterocycles. The zero-order chi connectivity index (χ0) is 14.8. The van der Waals surface area contributed by atoms with Crippen LogP contribution in [0.3, 0.4) is 0 Å². The lowest BCUT2D eigenvalue weighted by Gasteiger charge is -2.06. The predicted molar refractivity (Wildman–Crippen MR) is 73.2 cm³/mol. The Kier molecular flexibility index (Phi) is 3.16. The summed E-state index contributed by atoms with van der Waals surface area (Å²) in [6, 6.07) is 10.3. The summed E-state index contributed by atoms with van der Waals surface area (Å²) in [7, 11) is 0. The number of rotatable bonds is 2. The molecule has 6 nitrogen and oxygen atoms in total. The van der Waals surface area contributed by atoms with Crippen molar-refractivity contribution in [3.05, 3.63) is 57.8 Å². The lowest BCUT2D eigenvalue weighted by molar-refractivity contribution is 0.0927. The minimum atomic E-state index is -0.733. The summed E-state index contributed by atoms with van der Waals surface area (Å²) >= 11 is 0. The second-order valence-electron chi connectivity index (χ2n) is 4.46. The molecule has 6 heteroatoms. The van der Waals surface area contributed by atoms with Gasteiger partial charge in [0.1, 0.15) is 17.2 Å². The van der Waals surface area contributed by atoms with E-state index in [2.05, 4.69) is 5.32 Å². The number of hydrogen-bond donors (Lipinski definition) is 1. The van der Waals surface area contributed by atoms with Crippen LogP contribution < -0.4 is 10.9 Å². The number of nitrogens with zero attached hydrogens (tertiary/aromatic N) is 1. The number of para-hydroxylation sites is 1. The highest BCUT2D eigenvalue weighted by Gasteiger charge is 2.21. The summed E-state index contributed by atoms with van der Waals surface area (Å²) < 4.78 is 10.3. The first-order valence-electron chi connectivity index (χ1n) is 6.29. The number of nitrogens with one attached hydrogen (secondary N) is 1. The molecule has 0 bridgehead atoms. The first-order chi connectivity index (χ1) is 10.2. The monoisotopic (exact) mass is 282 g/mol. The summed E-state index contributed by atoms with van der Waals surface area (Å²) in [6.07, 6.45) is 0.443. The van der Waals surface area contributed by atoms with Crippen molar-refractivity contribution in [2.45, 2.75) is 6.42 Å². The van der Waals surface area contributed by atoms with E-state index in [0.29, 0.717) is 29.6 Å². The van der Waals surface area contributed by atoms with E-state index in [-0.39, 0.29) is 11.4 Å². The van der Waals surface area contributed by atoms with Gasteiger partial charge in [0, 0.05) is 11.8 Å². The van der Waals surface area contributed by atoms with Crippen molar-refractivity contribution >= 4 is 16.9 Å². The summed E-state index contributed by atoms with van der Waals surface area (Å²) in [5, 5.41) is 12.0. The van der Waals surface area contributed by atoms with Gasteiger partial charge >= 0.3 is 5.63 Å². The number of carbonyl (C=O) groups excluding carboxylic acids is 1. The molecule has 0 fully saturated rings. The molecular weight excluding hydrogens is 272 g/mol. The zero-order valence-electron chi connectivity index (χ0n) is 10.9. The molecule has 0 saturated heterocycles. The Bertz CT molecular complexity index is 858. The van der Waals surface area contributed by atoms with Crippen LogP contribution in [0.15, 0.2) is 51.0 Å². The molecule has 1 aliphatic heterocycles. The fourth-order valence-electron chi connectivity index (χ4n) is 2.06. The van der Waals surface area contributed by atoms with Crippen LogP contribution >= 0.6 is 0 Å². The van der Waals surface area contributed by atoms with Gasteiger partial charge in [-0.1, -0.05) is 18.2 Å². The standard InChI is InChI=1S/C15H10N2O4/c16-8-10-5-6-20-14(10)17-13(18)11-7-9-3-1-2-4-12(9)21-15(11)19/h1-4,7H,5-6H2,(H,17,18). The Hall–Kier alpha value is -3.07. The Morgan fingerprint density at radius 2 is 2.14 bits per heavy atom. The van der Waals surface area contributed by atoms with Crippen LogP contribution in [0.4, 0.5) is 0 Å². The van der Waals surface area contributed by atoms with E-state index in [4.69, 9.17) is 14.4 Å². The molecule has 3 rings (SSSR count). The Morgan fingerprint density at radius 3 is 2.95 bits per heavy atom. The molecule has 1 aliphatic rings. The Morgan fingerprint density at radius 1 is 1.33 bits per heavy atom. The lowest BCUT2D eigenvalue weighted by atomic mass is 10.2. The van der Waals surface area contributed by atoms with E-state index in [1.54, 1.807) is 24.3 Å². The third kappa shape index (κ3) is 2.37. The van der Waals surface area contributed by atoms with E-state index < -0.39 is 11.5 Å². The van der Waals surface area contributed by atoms with Gasteiger partial charge in [-0.15, -0.1) is 0 Å². The fraction of sp³-hybridized carbons (Fsp3) is 0.133. The minimum Gasteiger partial charge on any atom is -0.478 e. The van der Waals surface area contributed by atoms with Gasteiger partial charge in [-0.25, -0.2) is 4.79 Å². The van der Waals surface area contributed by atoms with Crippen molar-refractivity contribution in [2.24, 2.45) is 0 Å². The van der Waals surface area contributed by atoms with Gasteiger partial charge in [-0.05, 0) is 12.1 Å². The second-order valence-corrected chi connectivity index (χ2v) is 4.46. The summed E-state index contributed by atoms with van der Waals surface area (Å²) in [6.45, 7) is 0.338. The van der Waals surface area contributed by atoms with Crippen LogP contribution in [0.2, 0.25) is 0 Å². The second kappa shape index (κ2) is 5.13. The molecule has 0 radical (unpaired) electrons. The average Bonchev–Trinajstić information content (AvgIpc) is 2.93. The highest BCUT2D eigenvalue weighted by molar-refractivity contribution is 5.97. The number of hydrogen-bond acceptors (Lipinski definition) is 5. The number of carbonyl (C=O) groups is 1. The summed E-state index contributed by atoms with van der Waals surface area (Å²) in [4.78, 5) is 24.0. The molecule has 104 valence electrons. The number of fused-ring (bicyclic) bond motifs is 1. The molecule has 0 aliphatic carbocycles. The van der Waals surface area contributed by atoms with Gasteiger partial charge < -0.3 is 9.15 Å². The van der Waals surface area contributed by atoms with Gasteiger partial charge in [0.15, 0.2) is 0 Å². The van der Waals surface area contributed by atoms with E-state index in [1.807, 2.05) is 6.07 Å². The smallest absolute Gasteiger partial charge is 0.349 e. The molecule has 2 aromatic rings. The van der Waals surface area contributed by atoms with E-state index in [1.165, 1.54) is 6.07 Å². The maximum atomic E-state index is 12.1. The number of ether oxygens (including phenoxy) is 1. The molecule has 0 unspecified atom stereocenters. The van der Waals surface area contributed by atoms with Gasteiger partial charge in [0.05, 0.1) is 12.2 Å². The van der Waals surface area contributed by atoms with Crippen LogP contribution in [0, 0.1) is 11.3 Å². The van der Waals surface area contributed by atoms with Crippen molar-refractivity contribution in [2.75, 3.05) is 6.61 Å². The number of nitriles is 1. The molecule has 0 atom stereocenters. The Balaban J connectivity index is 1.97. The molecule has 21 heavy (non-hydrogen) atoms. The highest BCUT2D eigenvalue weighted by Crippen LogP contribution is 2.17. The molecule has 0 spiro atoms. The van der Waals surface area contributed by atoms with Gasteiger partial charge in [0.2, 0.25) is 5.88 Å². The SMILES string of the molecule is N#CC1=C(NC(=O)c2cc3ccccc3oc2=O)OCC1. The Labute approximate surface area is 119 Å². The van der Waals surface area contributed by atoms with E-state index in [9.17, 15) is 9.59 Å². The average molecular weight is 282 g/mol. The van der Waals surface area contributed by atoms with E-state index >= 15 is 0 Å². The summed E-state index contributed by atoms with van der Waals surface area (Å²) in [5.74, 6) is -0.547. The quantitative estimate of drug-likeness (QED) is 0.846. The van der Waals surface area contributed by atoms with Crippen LogP contribution in [-0.2, 0) is 4.74 Å². The normalized spacial score (nSPS) is 13.9. The zero-order valence-corrected chi connectivity index (χ0v) is 10.9. The van der Waals surface area contributed by atoms with Gasteiger partial charge in [-0.2, -0.15) is 5.26 Å². The maximum Gasteiger partial charge on any atom is 0.349 e. The third-order valence-electron chi connectivity index (χ3n) is 3.12. The summed E-state index contributed by atoms with van der Waals surface area (Å²) in [5.41, 5.74) is -0.0982. The van der Waals surface area contributed by atoms with E-state index in [0.717, 1.165) is 0 Å². The van der Waals surface area contributed by atoms with Gasteiger partial charge in [-0.3, -0.25) is 10.1 Å². The largest absolute Gasteiger partial charge is 0.478 e. The first-order valence-corrected chi connectivity index (χ1v) is 6.29. The van der Waals surface area contributed by atoms with Crippen LogP contribution in [0.25, 0.3) is 11.0 Å². The van der Waals surface area contributed by atoms with Crippen LogP contribution in [-0.4, -0.2) is 12.5 Å².